The topological polar surface area (TPSA) is 65.0 Å². The number of aromatic nitrogens is 2. The summed E-state index contributed by atoms with van der Waals surface area (Å²) >= 11 is 0. The van der Waals surface area contributed by atoms with Gasteiger partial charge in [0.05, 0.1) is 31.3 Å². The summed E-state index contributed by atoms with van der Waals surface area (Å²) in [5.41, 5.74) is 1.06. The van der Waals surface area contributed by atoms with Gasteiger partial charge in [-0.1, -0.05) is 0 Å². The normalized spacial score (nSPS) is 21.6. The average Bonchev–Trinajstić information content (AvgIpc) is 2.79. The monoisotopic (exact) mass is 438 g/mol. The Kier molecular flexibility index (Phi) is 8.13. The zero-order chi connectivity index (χ0) is 20.2. The van der Waals surface area contributed by atoms with Gasteiger partial charge in [0.2, 0.25) is 11.9 Å². The summed E-state index contributed by atoms with van der Waals surface area (Å²) in [5.74, 6) is 1.26. The van der Waals surface area contributed by atoms with Crippen molar-refractivity contribution in [3.63, 3.8) is 0 Å². The molecule has 3 fully saturated rings. The first-order chi connectivity index (χ1) is 14.1. The number of hydrogen-bond donors (Lipinski definition) is 0. The Hall–Kier alpha value is -1.64. The maximum atomic E-state index is 12.9. The van der Waals surface area contributed by atoms with E-state index >= 15 is 0 Å². The van der Waals surface area contributed by atoms with Gasteiger partial charge in [-0.3, -0.25) is 9.69 Å². The van der Waals surface area contributed by atoms with Crippen LogP contribution in [0, 0.1) is 5.92 Å². The molecule has 8 nitrogen and oxygen atoms in total. The quantitative estimate of drug-likeness (QED) is 0.705. The smallest absolute Gasteiger partial charge is 0.225 e. The van der Waals surface area contributed by atoms with E-state index in [1.165, 1.54) is 0 Å². The Morgan fingerprint density at radius 3 is 2.10 bits per heavy atom. The van der Waals surface area contributed by atoms with Gasteiger partial charge in [0.15, 0.2) is 0 Å². The highest BCUT2D eigenvalue weighted by atomic mass is 35.5. The van der Waals surface area contributed by atoms with E-state index in [9.17, 15) is 4.79 Å². The van der Waals surface area contributed by atoms with Crippen molar-refractivity contribution in [1.82, 2.24) is 19.8 Å². The maximum absolute atomic E-state index is 12.9. The van der Waals surface area contributed by atoms with E-state index in [0.29, 0.717) is 11.9 Å². The van der Waals surface area contributed by atoms with Crippen molar-refractivity contribution in [3.8, 4) is 0 Å². The summed E-state index contributed by atoms with van der Waals surface area (Å²) < 4.78 is 5.40. The van der Waals surface area contributed by atoms with Gasteiger partial charge in [0.1, 0.15) is 0 Å². The Morgan fingerprint density at radius 1 is 0.933 bits per heavy atom. The minimum atomic E-state index is 0. The molecule has 1 aromatic rings. The Labute approximate surface area is 186 Å². The molecule has 0 bridgehead atoms. The Morgan fingerprint density at radius 2 is 1.53 bits per heavy atom. The second-order valence-corrected chi connectivity index (χ2v) is 8.56. The van der Waals surface area contributed by atoms with E-state index in [-0.39, 0.29) is 18.3 Å². The van der Waals surface area contributed by atoms with Crippen LogP contribution in [0.15, 0.2) is 12.4 Å². The number of amides is 1. The first kappa shape index (κ1) is 23.0. The minimum Gasteiger partial charge on any atom is -0.378 e. The molecule has 9 heteroatoms. The summed E-state index contributed by atoms with van der Waals surface area (Å²) in [6.07, 6.45) is 5.60. The molecule has 0 aliphatic carbocycles. The highest BCUT2D eigenvalue weighted by Crippen LogP contribution is 2.24. The predicted molar refractivity (Wildman–Crippen MR) is 121 cm³/mol. The van der Waals surface area contributed by atoms with Crippen molar-refractivity contribution >= 4 is 29.9 Å². The van der Waals surface area contributed by atoms with Gasteiger partial charge in [-0.2, -0.15) is 0 Å². The first-order valence-corrected chi connectivity index (χ1v) is 11.0. The van der Waals surface area contributed by atoms with Crippen molar-refractivity contribution in [1.29, 1.82) is 0 Å². The van der Waals surface area contributed by atoms with Crippen molar-refractivity contribution in [2.45, 2.75) is 32.7 Å². The SMILES string of the molecule is CC(C)N1CCN(C(=O)C2CCN(c3ncc(N4CCOCC4)cn3)CC2)CC1.Cl. The van der Waals surface area contributed by atoms with E-state index < -0.39 is 0 Å². The molecule has 0 N–H and O–H groups in total. The van der Waals surface area contributed by atoms with Gasteiger partial charge in [0, 0.05) is 64.3 Å². The second kappa shape index (κ2) is 10.6. The molecule has 0 radical (unpaired) electrons. The number of carbonyl (C=O) groups is 1. The molecule has 3 aliphatic rings. The maximum Gasteiger partial charge on any atom is 0.225 e. The van der Waals surface area contributed by atoms with E-state index in [0.717, 1.165) is 90.0 Å². The van der Waals surface area contributed by atoms with Crippen molar-refractivity contribution in [2.24, 2.45) is 5.92 Å². The van der Waals surface area contributed by atoms with E-state index in [1.807, 2.05) is 12.4 Å². The van der Waals surface area contributed by atoms with Crippen molar-refractivity contribution in [2.75, 3.05) is 75.4 Å². The molecule has 30 heavy (non-hydrogen) atoms. The van der Waals surface area contributed by atoms with Gasteiger partial charge in [-0.25, -0.2) is 9.97 Å². The molecule has 3 aliphatic heterocycles. The fraction of sp³-hybridized carbons (Fsp3) is 0.762. The van der Waals surface area contributed by atoms with Crippen LogP contribution >= 0.6 is 12.4 Å². The zero-order valence-electron chi connectivity index (χ0n) is 18.2. The highest BCUT2D eigenvalue weighted by Gasteiger charge is 2.31. The number of nitrogens with zero attached hydrogens (tertiary/aromatic N) is 6. The predicted octanol–water partition coefficient (Wildman–Crippen LogP) is 1.50. The second-order valence-electron chi connectivity index (χ2n) is 8.56. The molecule has 168 valence electrons. The molecular formula is C21H35ClN6O2. The van der Waals surface area contributed by atoms with Gasteiger partial charge in [-0.15, -0.1) is 12.4 Å². The summed E-state index contributed by atoms with van der Waals surface area (Å²) in [5, 5.41) is 0. The van der Waals surface area contributed by atoms with Crippen molar-refractivity contribution in [3.05, 3.63) is 12.4 Å². The Bertz CT molecular complexity index is 667. The van der Waals surface area contributed by atoms with Crippen LogP contribution in [0.1, 0.15) is 26.7 Å². The van der Waals surface area contributed by atoms with Crippen LogP contribution in [0.3, 0.4) is 0 Å². The van der Waals surface area contributed by atoms with Crippen LogP contribution in [0.5, 0.6) is 0 Å². The lowest BCUT2D eigenvalue weighted by Crippen LogP contribution is -2.53. The number of rotatable bonds is 4. The lowest BCUT2D eigenvalue weighted by molar-refractivity contribution is -0.138. The van der Waals surface area contributed by atoms with Crippen LogP contribution in [0.4, 0.5) is 11.6 Å². The fourth-order valence-electron chi connectivity index (χ4n) is 4.51. The van der Waals surface area contributed by atoms with Crippen LogP contribution in [0.2, 0.25) is 0 Å². The van der Waals surface area contributed by atoms with Crippen LogP contribution in [-0.2, 0) is 9.53 Å². The van der Waals surface area contributed by atoms with E-state index in [1.54, 1.807) is 0 Å². The Balaban J connectivity index is 0.00000256. The third-order valence-electron chi connectivity index (χ3n) is 6.48. The zero-order valence-corrected chi connectivity index (χ0v) is 19.0. The number of ether oxygens (including phenoxy) is 1. The first-order valence-electron chi connectivity index (χ1n) is 11.0. The number of piperazine rings is 1. The van der Waals surface area contributed by atoms with Gasteiger partial charge < -0.3 is 19.4 Å². The summed E-state index contributed by atoms with van der Waals surface area (Å²) in [4.78, 5) is 31.1. The molecule has 0 spiro atoms. The number of hydrogen-bond acceptors (Lipinski definition) is 7. The lowest BCUT2D eigenvalue weighted by Gasteiger charge is -2.39. The molecule has 0 aromatic carbocycles. The highest BCUT2D eigenvalue weighted by molar-refractivity contribution is 5.85. The molecule has 0 atom stereocenters. The van der Waals surface area contributed by atoms with Gasteiger partial charge >= 0.3 is 0 Å². The third-order valence-corrected chi connectivity index (χ3v) is 6.48. The number of piperidine rings is 1. The molecule has 0 saturated carbocycles. The molecule has 4 heterocycles. The minimum absolute atomic E-state index is 0. The van der Waals surface area contributed by atoms with E-state index in [2.05, 4.69) is 43.4 Å². The van der Waals surface area contributed by atoms with Gasteiger partial charge in [0.25, 0.3) is 0 Å². The molecule has 1 amide bonds. The van der Waals surface area contributed by atoms with E-state index in [4.69, 9.17) is 4.74 Å². The van der Waals surface area contributed by atoms with Gasteiger partial charge in [-0.05, 0) is 26.7 Å². The number of anilines is 2. The summed E-state index contributed by atoms with van der Waals surface area (Å²) in [7, 11) is 0. The molecular weight excluding hydrogens is 404 g/mol. The number of morpholine rings is 1. The average molecular weight is 439 g/mol. The molecule has 1 aromatic heterocycles. The standard InChI is InChI=1S/C21H34N6O2.ClH/c1-17(2)24-7-9-26(10-8-24)20(28)18-3-5-27(6-4-18)21-22-15-19(16-23-21)25-11-13-29-14-12-25;/h15-18H,3-14H2,1-2H3;1H. The molecule has 3 saturated heterocycles. The van der Waals surface area contributed by atoms with Crippen LogP contribution < -0.4 is 9.80 Å². The fourth-order valence-corrected chi connectivity index (χ4v) is 4.51. The molecule has 0 unspecified atom stereocenters. The number of carbonyl (C=O) groups excluding carboxylic acids is 1. The summed E-state index contributed by atoms with van der Waals surface area (Å²) in [6, 6.07) is 0.560. The van der Waals surface area contributed by atoms with Crippen molar-refractivity contribution < 1.29 is 9.53 Å². The largest absolute Gasteiger partial charge is 0.378 e. The third kappa shape index (κ3) is 5.34. The lowest BCUT2D eigenvalue weighted by atomic mass is 9.95. The van der Waals surface area contributed by atoms with Crippen LogP contribution in [0.25, 0.3) is 0 Å². The number of halogens is 1. The summed E-state index contributed by atoms with van der Waals surface area (Å²) in [6.45, 7) is 13.2. The molecule has 4 rings (SSSR count). The van der Waals surface area contributed by atoms with Crippen LogP contribution in [-0.4, -0.2) is 97.3 Å².